The lowest BCUT2D eigenvalue weighted by Gasteiger charge is -2.47. The standard InChI is InChI=1S/C32H51BrN2O5S/c1-10-12-13-14-16-40-29(39)23-24-27(37)35(22(18-36)20(3)4)26(32(24)17-21(33)25(23)41-32)28(38)34(15-11-2)31(8,9)19-30(5,6)7/h10-11,20-26,36H,1-2,12-19H2,3-9H3/t21?,22-,23-,24-,25-,26?,32?/m0/s1. The molecule has 7 atom stereocenters. The van der Waals surface area contributed by atoms with Crippen LogP contribution in [-0.2, 0) is 19.1 Å². The molecular formula is C32H51BrN2O5S. The van der Waals surface area contributed by atoms with Gasteiger partial charge < -0.3 is 19.6 Å². The van der Waals surface area contributed by atoms with Crippen molar-refractivity contribution in [2.75, 3.05) is 19.8 Å². The summed E-state index contributed by atoms with van der Waals surface area (Å²) in [6, 6.07) is -1.35. The van der Waals surface area contributed by atoms with Crippen LogP contribution in [0.5, 0.6) is 0 Å². The minimum atomic E-state index is -0.806. The van der Waals surface area contributed by atoms with Crippen LogP contribution in [0.15, 0.2) is 25.3 Å². The van der Waals surface area contributed by atoms with Crippen molar-refractivity contribution in [2.45, 2.75) is 113 Å². The highest BCUT2D eigenvalue weighted by atomic mass is 79.9. The van der Waals surface area contributed by atoms with E-state index in [0.717, 1.165) is 25.7 Å². The first-order valence-corrected chi connectivity index (χ1v) is 16.8. The number of unbranched alkanes of at least 4 members (excludes halogenated alkanes) is 2. The number of alkyl halides is 1. The molecule has 3 aliphatic rings. The molecule has 0 radical (unpaired) electrons. The molecule has 0 aliphatic carbocycles. The third-order valence-electron chi connectivity index (χ3n) is 8.87. The van der Waals surface area contributed by atoms with E-state index in [1.54, 1.807) is 22.7 Å². The van der Waals surface area contributed by atoms with Gasteiger partial charge in [-0.05, 0) is 57.3 Å². The molecule has 0 saturated carbocycles. The van der Waals surface area contributed by atoms with Gasteiger partial charge in [0.25, 0.3) is 0 Å². The Labute approximate surface area is 260 Å². The second-order valence-electron chi connectivity index (χ2n) is 14.1. The van der Waals surface area contributed by atoms with Crippen molar-refractivity contribution in [3.63, 3.8) is 0 Å². The number of rotatable bonds is 14. The second kappa shape index (κ2) is 13.1. The predicted octanol–water partition coefficient (Wildman–Crippen LogP) is 5.60. The van der Waals surface area contributed by atoms with Crippen molar-refractivity contribution in [3.8, 4) is 0 Å². The number of carbonyl (C=O) groups excluding carboxylic acids is 3. The Balaban J connectivity index is 2.08. The van der Waals surface area contributed by atoms with E-state index in [-0.39, 0.29) is 45.8 Å². The summed E-state index contributed by atoms with van der Waals surface area (Å²) in [5.74, 6) is -2.12. The summed E-state index contributed by atoms with van der Waals surface area (Å²) in [6.45, 7) is 22.6. The van der Waals surface area contributed by atoms with Crippen LogP contribution in [0.25, 0.3) is 0 Å². The fourth-order valence-electron chi connectivity index (χ4n) is 7.56. The maximum atomic E-state index is 14.9. The summed E-state index contributed by atoms with van der Waals surface area (Å²) >= 11 is 5.43. The molecule has 3 fully saturated rings. The highest BCUT2D eigenvalue weighted by Crippen LogP contribution is 2.68. The van der Waals surface area contributed by atoms with Crippen LogP contribution in [0.4, 0.5) is 0 Å². The van der Waals surface area contributed by atoms with E-state index in [9.17, 15) is 19.5 Å². The van der Waals surface area contributed by atoms with Crippen LogP contribution in [-0.4, -0.2) is 84.9 Å². The lowest BCUT2D eigenvalue weighted by Crippen LogP contribution is -2.62. The van der Waals surface area contributed by atoms with Crippen molar-refractivity contribution in [2.24, 2.45) is 23.2 Å². The Bertz CT molecular complexity index is 1010. The van der Waals surface area contributed by atoms with Crippen LogP contribution >= 0.6 is 27.7 Å². The average molecular weight is 656 g/mol. The third kappa shape index (κ3) is 6.62. The summed E-state index contributed by atoms with van der Waals surface area (Å²) < 4.78 is 4.96. The highest BCUT2D eigenvalue weighted by molar-refractivity contribution is 9.09. The fourth-order valence-corrected chi connectivity index (χ4v) is 11.1. The number of hydrogen-bond acceptors (Lipinski definition) is 6. The molecule has 2 amide bonds. The molecule has 0 aromatic heterocycles. The molecule has 0 aromatic rings. The van der Waals surface area contributed by atoms with Gasteiger partial charge in [-0.15, -0.1) is 24.9 Å². The molecular weight excluding hydrogens is 604 g/mol. The first-order chi connectivity index (χ1) is 19.1. The van der Waals surface area contributed by atoms with E-state index in [0.29, 0.717) is 19.6 Å². The van der Waals surface area contributed by atoms with Gasteiger partial charge in [0.2, 0.25) is 11.8 Å². The number of carbonyl (C=O) groups is 3. The van der Waals surface area contributed by atoms with Gasteiger partial charge in [0, 0.05) is 22.2 Å². The molecule has 2 bridgehead atoms. The van der Waals surface area contributed by atoms with Gasteiger partial charge in [-0.1, -0.05) is 62.7 Å². The molecule has 1 N–H and O–H groups in total. The summed E-state index contributed by atoms with van der Waals surface area (Å²) in [5, 5.41) is 10.4. The minimum absolute atomic E-state index is 0.0350. The maximum Gasteiger partial charge on any atom is 0.310 e. The number of aliphatic hydroxyl groups excluding tert-OH is 1. The number of hydrogen-bond donors (Lipinski definition) is 1. The van der Waals surface area contributed by atoms with Crippen molar-refractivity contribution >= 4 is 45.5 Å². The number of esters is 1. The Morgan fingerprint density at radius 3 is 2.41 bits per heavy atom. The largest absolute Gasteiger partial charge is 0.465 e. The highest BCUT2D eigenvalue weighted by Gasteiger charge is 2.77. The van der Waals surface area contributed by atoms with E-state index in [1.807, 2.05) is 24.8 Å². The van der Waals surface area contributed by atoms with Gasteiger partial charge in [-0.2, -0.15) is 0 Å². The second-order valence-corrected chi connectivity index (χ2v) is 16.9. The predicted molar refractivity (Wildman–Crippen MR) is 170 cm³/mol. The molecule has 7 nitrogen and oxygen atoms in total. The van der Waals surface area contributed by atoms with Crippen molar-refractivity contribution in [1.82, 2.24) is 9.80 Å². The molecule has 3 aliphatic heterocycles. The summed E-state index contributed by atoms with van der Waals surface area (Å²) in [6.07, 6.45) is 7.40. The van der Waals surface area contributed by atoms with E-state index >= 15 is 0 Å². The number of allylic oxidation sites excluding steroid dienone is 1. The molecule has 232 valence electrons. The first kappa shape index (κ1) is 34.2. The van der Waals surface area contributed by atoms with Gasteiger partial charge in [0.15, 0.2) is 0 Å². The van der Waals surface area contributed by atoms with Gasteiger partial charge in [-0.3, -0.25) is 14.4 Å². The number of ether oxygens (including phenoxy) is 1. The molecule has 1 spiro atoms. The number of amides is 2. The van der Waals surface area contributed by atoms with Crippen LogP contribution in [0, 0.1) is 23.2 Å². The van der Waals surface area contributed by atoms with Crippen molar-refractivity contribution in [1.29, 1.82) is 0 Å². The van der Waals surface area contributed by atoms with Gasteiger partial charge in [-0.25, -0.2) is 0 Å². The van der Waals surface area contributed by atoms with E-state index in [2.05, 4.69) is 63.7 Å². The quantitative estimate of drug-likeness (QED) is 0.114. The molecule has 3 saturated heterocycles. The van der Waals surface area contributed by atoms with Crippen LogP contribution in [0.2, 0.25) is 0 Å². The number of likely N-dealkylation sites (tertiary alicyclic amines) is 1. The Hall–Kier alpha value is -1.32. The number of halogens is 1. The van der Waals surface area contributed by atoms with E-state index < -0.39 is 34.2 Å². The smallest absolute Gasteiger partial charge is 0.310 e. The Morgan fingerprint density at radius 2 is 1.88 bits per heavy atom. The summed E-state index contributed by atoms with van der Waals surface area (Å²) in [7, 11) is 0. The number of aliphatic hydroxyl groups is 1. The zero-order valence-electron chi connectivity index (χ0n) is 26.0. The van der Waals surface area contributed by atoms with Gasteiger partial charge in [0.05, 0.1) is 35.8 Å². The maximum absolute atomic E-state index is 14.9. The zero-order valence-corrected chi connectivity index (χ0v) is 28.4. The van der Waals surface area contributed by atoms with Crippen molar-refractivity contribution in [3.05, 3.63) is 25.3 Å². The lowest BCUT2D eigenvalue weighted by molar-refractivity contribution is -0.155. The molecule has 41 heavy (non-hydrogen) atoms. The number of fused-ring (bicyclic) bond motifs is 1. The topological polar surface area (TPSA) is 87.1 Å². The van der Waals surface area contributed by atoms with Crippen LogP contribution in [0.3, 0.4) is 0 Å². The fraction of sp³-hybridized carbons (Fsp3) is 0.781. The van der Waals surface area contributed by atoms with Crippen molar-refractivity contribution < 1.29 is 24.2 Å². The van der Waals surface area contributed by atoms with Crippen LogP contribution < -0.4 is 0 Å². The molecule has 3 heterocycles. The zero-order chi connectivity index (χ0) is 30.9. The average Bonchev–Trinajstić information content (AvgIpc) is 3.44. The van der Waals surface area contributed by atoms with Crippen LogP contribution in [0.1, 0.15) is 80.6 Å². The molecule has 0 aromatic carbocycles. The Kier molecular flexibility index (Phi) is 10.9. The van der Waals surface area contributed by atoms with Gasteiger partial charge >= 0.3 is 5.97 Å². The molecule has 3 rings (SSSR count). The summed E-state index contributed by atoms with van der Waals surface area (Å²) in [4.78, 5) is 46.4. The number of nitrogens with zero attached hydrogens (tertiary/aromatic N) is 2. The van der Waals surface area contributed by atoms with E-state index in [4.69, 9.17) is 4.74 Å². The number of thioether (sulfide) groups is 1. The normalized spacial score (nSPS) is 30.0. The monoisotopic (exact) mass is 654 g/mol. The molecule has 3 unspecified atom stereocenters. The molecule has 9 heteroatoms. The Morgan fingerprint density at radius 1 is 1.22 bits per heavy atom. The van der Waals surface area contributed by atoms with Gasteiger partial charge in [0.1, 0.15) is 6.04 Å². The minimum Gasteiger partial charge on any atom is -0.465 e. The third-order valence-corrected chi connectivity index (χ3v) is 12.1. The van der Waals surface area contributed by atoms with E-state index in [1.165, 1.54) is 0 Å². The lowest BCUT2D eigenvalue weighted by atomic mass is 9.70. The SMILES string of the molecule is C=CCCCCOC(=O)[C@H]1[C@H]2C(=O)N([C@@H](CO)C(C)C)C(C(=O)N(CC=C)C(C)(C)CC(C)(C)C)C23CC(Br)[C@@H]1S3. The first-order valence-electron chi connectivity index (χ1n) is 15.0. The summed E-state index contributed by atoms with van der Waals surface area (Å²) in [5.41, 5.74) is -0.554.